The van der Waals surface area contributed by atoms with Gasteiger partial charge in [-0.05, 0) is 54.8 Å². The van der Waals surface area contributed by atoms with Crippen LogP contribution in [0.15, 0.2) is 79.1 Å². The Morgan fingerprint density at radius 1 is 0.927 bits per heavy atom. The smallest absolute Gasteiger partial charge is 0.188 e. The summed E-state index contributed by atoms with van der Waals surface area (Å²) in [5, 5.41) is 9.31. The van der Waals surface area contributed by atoms with Crippen LogP contribution in [-0.2, 0) is 19.5 Å². The van der Waals surface area contributed by atoms with Crippen LogP contribution in [-0.4, -0.2) is 81.2 Å². The van der Waals surface area contributed by atoms with Gasteiger partial charge in [0.25, 0.3) is 0 Å². The summed E-state index contributed by atoms with van der Waals surface area (Å²) >= 11 is 0. The van der Waals surface area contributed by atoms with Crippen molar-refractivity contribution in [3.63, 3.8) is 0 Å². The van der Waals surface area contributed by atoms with Gasteiger partial charge in [0.15, 0.2) is 11.6 Å². The molecular formula is C32H36FN5O3. The second-order valence-electron chi connectivity index (χ2n) is 10.2. The molecule has 1 N–H and O–H groups in total. The maximum Gasteiger partial charge on any atom is 0.188 e. The third kappa shape index (κ3) is 7.85. The Kier molecular flexibility index (Phi) is 9.85. The number of pyridine rings is 1. The van der Waals surface area contributed by atoms with E-state index in [4.69, 9.17) is 9.72 Å². The lowest BCUT2D eigenvalue weighted by Gasteiger charge is -2.34. The number of ketones is 1. The Morgan fingerprint density at radius 3 is 2.44 bits per heavy atom. The van der Waals surface area contributed by atoms with Crippen LogP contribution in [0.1, 0.15) is 28.0 Å². The summed E-state index contributed by atoms with van der Waals surface area (Å²) in [7, 11) is 0. The second kappa shape index (κ2) is 14.1. The van der Waals surface area contributed by atoms with Gasteiger partial charge >= 0.3 is 0 Å². The predicted octanol–water partition coefficient (Wildman–Crippen LogP) is 4.09. The largest absolute Gasteiger partial charge is 0.494 e. The lowest BCUT2D eigenvalue weighted by molar-refractivity contribution is 0.0903. The number of carbonyl (C=O) groups is 1. The number of benzene rings is 2. The zero-order chi connectivity index (χ0) is 28.4. The number of halogens is 1. The van der Waals surface area contributed by atoms with E-state index < -0.39 is 6.61 Å². The normalized spacial score (nSPS) is 14.3. The maximum absolute atomic E-state index is 13.4. The fourth-order valence-electron chi connectivity index (χ4n) is 5.10. The van der Waals surface area contributed by atoms with Gasteiger partial charge < -0.3 is 19.3 Å². The Labute approximate surface area is 240 Å². The van der Waals surface area contributed by atoms with Crippen molar-refractivity contribution in [3.05, 3.63) is 102 Å². The van der Waals surface area contributed by atoms with E-state index in [1.807, 2.05) is 36.5 Å². The highest BCUT2D eigenvalue weighted by molar-refractivity contribution is 5.97. The van der Waals surface area contributed by atoms with Crippen LogP contribution < -0.4 is 4.74 Å². The number of nitrogens with zero attached hydrogens (tertiary/aromatic N) is 5. The monoisotopic (exact) mass is 557 g/mol. The quantitative estimate of drug-likeness (QED) is 0.196. The molecule has 9 heteroatoms. The Bertz CT molecular complexity index is 1400. The first-order valence-electron chi connectivity index (χ1n) is 14.1. The first-order valence-corrected chi connectivity index (χ1v) is 14.1. The third-order valence-corrected chi connectivity index (χ3v) is 7.41. The molecule has 3 heterocycles. The van der Waals surface area contributed by atoms with Crippen molar-refractivity contribution in [1.82, 2.24) is 24.3 Å². The van der Waals surface area contributed by atoms with Gasteiger partial charge in [-0.1, -0.05) is 30.3 Å². The summed E-state index contributed by atoms with van der Waals surface area (Å²) in [6, 6.07) is 19.8. The zero-order valence-corrected chi connectivity index (χ0v) is 23.2. The van der Waals surface area contributed by atoms with Crippen LogP contribution in [0.2, 0.25) is 0 Å². The average molecular weight is 558 g/mol. The Balaban J connectivity index is 1.22. The molecule has 41 heavy (non-hydrogen) atoms. The predicted molar refractivity (Wildman–Crippen MR) is 155 cm³/mol. The minimum Gasteiger partial charge on any atom is -0.494 e. The van der Waals surface area contributed by atoms with E-state index in [1.54, 1.807) is 30.5 Å². The molecule has 0 aliphatic carbocycles. The fourth-order valence-corrected chi connectivity index (χ4v) is 5.10. The molecule has 0 unspecified atom stereocenters. The number of aryl methyl sites for hydroxylation is 1. The van der Waals surface area contributed by atoms with E-state index in [0.29, 0.717) is 36.7 Å². The number of piperazine rings is 1. The number of ether oxygens (including phenoxy) is 1. The second-order valence-corrected chi connectivity index (χ2v) is 10.2. The number of carbonyl (C=O) groups excluding carboxylic acids is 1. The standard InChI is InChI=1S/C32H36FN5O3/c33-27-9-7-25(8-10-27)12-15-38-28(22-35-32(38)30-21-26(11-13-34-30)31(40)24-39)23-37-18-16-36(17-19-37)14-4-20-41-29-5-2-1-3-6-29/h1-3,5-11,13,21-22,39H,4,12,14-20,23-24H2. The van der Waals surface area contributed by atoms with Gasteiger partial charge in [0.05, 0.1) is 18.5 Å². The van der Waals surface area contributed by atoms with Crippen molar-refractivity contribution in [3.8, 4) is 17.3 Å². The van der Waals surface area contributed by atoms with Crippen molar-refractivity contribution in [2.24, 2.45) is 0 Å². The van der Waals surface area contributed by atoms with Crippen molar-refractivity contribution in [2.45, 2.75) is 25.9 Å². The Morgan fingerprint density at radius 2 is 1.68 bits per heavy atom. The summed E-state index contributed by atoms with van der Waals surface area (Å²) in [4.78, 5) is 26.2. The number of para-hydroxylation sites is 1. The van der Waals surface area contributed by atoms with Gasteiger partial charge in [0.1, 0.15) is 23.9 Å². The summed E-state index contributed by atoms with van der Waals surface area (Å²) in [5.41, 5.74) is 3.07. The van der Waals surface area contributed by atoms with Gasteiger partial charge in [-0.25, -0.2) is 9.37 Å². The highest BCUT2D eigenvalue weighted by Crippen LogP contribution is 2.22. The van der Waals surface area contributed by atoms with Crippen LogP contribution in [0.4, 0.5) is 4.39 Å². The molecule has 1 aliphatic rings. The van der Waals surface area contributed by atoms with Crippen molar-refractivity contribution >= 4 is 5.78 Å². The number of imidazole rings is 1. The molecule has 0 bridgehead atoms. The molecule has 2 aromatic carbocycles. The molecule has 214 valence electrons. The van der Waals surface area contributed by atoms with Crippen molar-refractivity contribution in [2.75, 3.05) is 45.9 Å². The molecule has 8 nitrogen and oxygen atoms in total. The van der Waals surface area contributed by atoms with E-state index in [2.05, 4.69) is 19.4 Å². The molecule has 2 aromatic heterocycles. The molecular weight excluding hydrogens is 521 g/mol. The third-order valence-electron chi connectivity index (χ3n) is 7.41. The van der Waals surface area contributed by atoms with E-state index in [9.17, 15) is 14.3 Å². The molecule has 1 saturated heterocycles. The highest BCUT2D eigenvalue weighted by atomic mass is 19.1. The average Bonchev–Trinajstić information content (AvgIpc) is 3.42. The first kappa shape index (κ1) is 28.6. The highest BCUT2D eigenvalue weighted by Gasteiger charge is 2.21. The minimum atomic E-state index is -0.556. The van der Waals surface area contributed by atoms with E-state index in [1.165, 1.54) is 12.1 Å². The number of Topliss-reactive ketones (excluding diaryl/α,β-unsaturated/α-hetero) is 1. The molecule has 1 fully saturated rings. The molecule has 0 saturated carbocycles. The SMILES string of the molecule is O=C(CO)c1ccnc(-c2ncc(CN3CCN(CCCOc4ccccc4)CC3)n2CCc2ccc(F)cc2)c1. The molecule has 0 amide bonds. The summed E-state index contributed by atoms with van der Waals surface area (Å²) in [5.74, 6) is 0.972. The topological polar surface area (TPSA) is 83.7 Å². The van der Waals surface area contributed by atoms with Crippen LogP contribution >= 0.6 is 0 Å². The van der Waals surface area contributed by atoms with Gasteiger partial charge in [-0.2, -0.15) is 0 Å². The number of aliphatic hydroxyl groups is 1. The van der Waals surface area contributed by atoms with Crippen molar-refractivity contribution in [1.29, 1.82) is 0 Å². The number of rotatable bonds is 13. The number of aromatic nitrogens is 3. The van der Waals surface area contributed by atoms with Gasteiger partial charge in [0.2, 0.25) is 0 Å². The lowest BCUT2D eigenvalue weighted by atomic mass is 10.1. The van der Waals surface area contributed by atoms with Crippen LogP contribution in [0, 0.1) is 5.82 Å². The van der Waals surface area contributed by atoms with E-state index in [-0.39, 0.29) is 11.6 Å². The van der Waals surface area contributed by atoms with E-state index in [0.717, 1.165) is 62.7 Å². The van der Waals surface area contributed by atoms with Gasteiger partial charge in [-0.15, -0.1) is 0 Å². The van der Waals surface area contributed by atoms with Crippen LogP contribution in [0.25, 0.3) is 11.5 Å². The van der Waals surface area contributed by atoms with Crippen LogP contribution in [0.5, 0.6) is 5.75 Å². The van der Waals surface area contributed by atoms with Gasteiger partial charge in [0, 0.05) is 57.6 Å². The number of hydrogen-bond donors (Lipinski definition) is 1. The molecule has 0 atom stereocenters. The van der Waals surface area contributed by atoms with E-state index >= 15 is 0 Å². The molecule has 0 spiro atoms. The molecule has 0 radical (unpaired) electrons. The summed E-state index contributed by atoms with van der Waals surface area (Å²) in [6.07, 6.45) is 5.14. The summed E-state index contributed by atoms with van der Waals surface area (Å²) < 4.78 is 21.4. The number of aliphatic hydroxyl groups excluding tert-OH is 1. The Hall–Kier alpha value is -3.92. The maximum atomic E-state index is 13.4. The van der Waals surface area contributed by atoms with Crippen molar-refractivity contribution < 1.29 is 19.0 Å². The minimum absolute atomic E-state index is 0.254. The number of hydrogen-bond acceptors (Lipinski definition) is 7. The molecule has 4 aromatic rings. The fraction of sp³-hybridized carbons (Fsp3) is 0.344. The van der Waals surface area contributed by atoms with Crippen LogP contribution in [0.3, 0.4) is 0 Å². The molecule has 5 rings (SSSR count). The lowest BCUT2D eigenvalue weighted by Crippen LogP contribution is -2.46. The molecule has 1 aliphatic heterocycles. The van der Waals surface area contributed by atoms with Gasteiger partial charge in [-0.3, -0.25) is 14.7 Å². The summed E-state index contributed by atoms with van der Waals surface area (Å²) in [6.45, 7) is 6.44. The zero-order valence-electron chi connectivity index (χ0n) is 23.2. The first-order chi connectivity index (χ1) is 20.1.